The van der Waals surface area contributed by atoms with Crippen molar-refractivity contribution in [3.63, 3.8) is 0 Å². The largest absolute Gasteiger partial charge is 0.409 e. The highest BCUT2D eigenvalue weighted by Crippen LogP contribution is 2.32. The van der Waals surface area contributed by atoms with Gasteiger partial charge in [-0.05, 0) is 12.8 Å². The summed E-state index contributed by atoms with van der Waals surface area (Å²) in [5.41, 5.74) is 5.44. The second-order valence-corrected chi connectivity index (χ2v) is 3.70. The summed E-state index contributed by atoms with van der Waals surface area (Å²) in [6.07, 6.45) is 2.61. The normalized spacial score (nSPS) is 29.8. The van der Waals surface area contributed by atoms with Crippen molar-refractivity contribution < 1.29 is 10.0 Å². The van der Waals surface area contributed by atoms with Crippen LogP contribution >= 0.6 is 0 Å². The SMILES string of the molecule is N/C(=N\O)[C@H]1CC(=O)N(C2CC2)C1. The van der Waals surface area contributed by atoms with Gasteiger partial charge in [-0.3, -0.25) is 4.79 Å². The van der Waals surface area contributed by atoms with Crippen molar-refractivity contribution in [2.45, 2.75) is 25.3 Å². The zero-order valence-corrected chi connectivity index (χ0v) is 7.31. The van der Waals surface area contributed by atoms with Gasteiger partial charge in [0.15, 0.2) is 0 Å². The van der Waals surface area contributed by atoms with Gasteiger partial charge in [0, 0.05) is 24.9 Å². The summed E-state index contributed by atoms with van der Waals surface area (Å²) in [6, 6.07) is 0.434. The minimum absolute atomic E-state index is 0.0851. The van der Waals surface area contributed by atoms with Crippen molar-refractivity contribution in [1.29, 1.82) is 0 Å². The van der Waals surface area contributed by atoms with E-state index in [2.05, 4.69) is 5.16 Å². The molecule has 0 unspecified atom stereocenters. The van der Waals surface area contributed by atoms with Crippen LogP contribution in [0.5, 0.6) is 0 Å². The van der Waals surface area contributed by atoms with E-state index in [1.165, 1.54) is 0 Å². The summed E-state index contributed by atoms with van der Waals surface area (Å²) in [7, 11) is 0. The third kappa shape index (κ3) is 1.46. The molecule has 0 spiro atoms. The smallest absolute Gasteiger partial charge is 0.223 e. The van der Waals surface area contributed by atoms with Crippen molar-refractivity contribution in [3.8, 4) is 0 Å². The molecule has 0 bridgehead atoms. The number of amides is 1. The highest BCUT2D eigenvalue weighted by Gasteiger charge is 2.40. The van der Waals surface area contributed by atoms with Gasteiger partial charge >= 0.3 is 0 Å². The van der Waals surface area contributed by atoms with E-state index in [-0.39, 0.29) is 17.7 Å². The molecule has 5 heteroatoms. The molecular formula is C8H13N3O2. The van der Waals surface area contributed by atoms with Crippen molar-refractivity contribution in [3.05, 3.63) is 0 Å². The standard InChI is InChI=1S/C8H13N3O2/c9-8(10-13)5-3-7(12)11(4-5)6-1-2-6/h5-6,13H,1-4H2,(H2,9,10)/t5-/m0/s1. The third-order valence-electron chi connectivity index (χ3n) is 2.68. The summed E-state index contributed by atoms with van der Waals surface area (Å²) >= 11 is 0. The Kier molecular flexibility index (Phi) is 1.86. The van der Waals surface area contributed by atoms with Crippen LogP contribution in [0.3, 0.4) is 0 Å². The van der Waals surface area contributed by atoms with E-state index < -0.39 is 0 Å². The molecule has 3 N–H and O–H groups in total. The van der Waals surface area contributed by atoms with Gasteiger partial charge in [0.05, 0.1) is 0 Å². The first-order valence-electron chi connectivity index (χ1n) is 4.49. The van der Waals surface area contributed by atoms with Crippen molar-refractivity contribution in [2.75, 3.05) is 6.54 Å². The van der Waals surface area contributed by atoms with Gasteiger partial charge in [-0.2, -0.15) is 0 Å². The van der Waals surface area contributed by atoms with Crippen LogP contribution in [0.15, 0.2) is 5.16 Å². The number of carbonyl (C=O) groups is 1. The number of nitrogens with zero attached hydrogens (tertiary/aromatic N) is 2. The molecule has 2 aliphatic rings. The number of amidine groups is 1. The number of hydrogen-bond donors (Lipinski definition) is 2. The van der Waals surface area contributed by atoms with E-state index in [1.807, 2.05) is 4.90 Å². The fourth-order valence-corrected chi connectivity index (χ4v) is 1.75. The average Bonchev–Trinajstić information content (AvgIpc) is 2.89. The zero-order chi connectivity index (χ0) is 9.42. The lowest BCUT2D eigenvalue weighted by atomic mass is 10.1. The predicted octanol–water partition coefficient (Wildman–Crippen LogP) is -0.256. The lowest BCUT2D eigenvalue weighted by Crippen LogP contribution is -2.30. The molecule has 1 amide bonds. The van der Waals surface area contributed by atoms with Crippen LogP contribution < -0.4 is 5.73 Å². The Labute approximate surface area is 76.2 Å². The number of nitrogens with two attached hydrogens (primary N) is 1. The van der Waals surface area contributed by atoms with Crippen molar-refractivity contribution >= 4 is 11.7 Å². The van der Waals surface area contributed by atoms with E-state index in [9.17, 15) is 4.79 Å². The topological polar surface area (TPSA) is 78.9 Å². The molecule has 0 radical (unpaired) electrons. The van der Waals surface area contributed by atoms with E-state index in [0.717, 1.165) is 12.8 Å². The Hall–Kier alpha value is -1.26. The minimum Gasteiger partial charge on any atom is -0.409 e. The first-order valence-corrected chi connectivity index (χ1v) is 4.49. The molecule has 1 atom stereocenters. The highest BCUT2D eigenvalue weighted by atomic mass is 16.4. The molecule has 13 heavy (non-hydrogen) atoms. The first kappa shape index (κ1) is 8.34. The Balaban J connectivity index is 2.01. The second-order valence-electron chi connectivity index (χ2n) is 3.70. The first-order chi connectivity index (χ1) is 6.22. The van der Waals surface area contributed by atoms with Crippen molar-refractivity contribution in [2.24, 2.45) is 16.8 Å². The van der Waals surface area contributed by atoms with Gasteiger partial charge in [-0.25, -0.2) is 0 Å². The summed E-state index contributed by atoms with van der Waals surface area (Å²) < 4.78 is 0. The molecule has 72 valence electrons. The Morgan fingerprint density at radius 2 is 2.31 bits per heavy atom. The van der Waals surface area contributed by atoms with Crippen LogP contribution in [0.1, 0.15) is 19.3 Å². The molecule has 2 rings (SSSR count). The van der Waals surface area contributed by atoms with Gasteiger partial charge in [0.1, 0.15) is 5.84 Å². The number of carbonyl (C=O) groups excluding carboxylic acids is 1. The molecule has 1 saturated carbocycles. The number of oxime groups is 1. The molecule has 1 aliphatic carbocycles. The molecule has 1 saturated heterocycles. The molecule has 0 aromatic rings. The van der Waals surface area contributed by atoms with Gasteiger partial charge in [0.2, 0.25) is 5.91 Å². The monoisotopic (exact) mass is 183 g/mol. The van der Waals surface area contributed by atoms with Crippen LogP contribution in [0, 0.1) is 5.92 Å². The number of rotatable bonds is 2. The zero-order valence-electron chi connectivity index (χ0n) is 7.31. The molecule has 2 fully saturated rings. The van der Waals surface area contributed by atoms with Crippen LogP contribution in [0.2, 0.25) is 0 Å². The summed E-state index contributed by atoms with van der Waals surface area (Å²) in [6.45, 7) is 0.624. The Morgan fingerprint density at radius 1 is 1.62 bits per heavy atom. The molecular weight excluding hydrogens is 170 g/mol. The molecule has 0 aromatic heterocycles. The molecule has 5 nitrogen and oxygen atoms in total. The summed E-state index contributed by atoms with van der Waals surface area (Å²) in [4.78, 5) is 13.3. The predicted molar refractivity (Wildman–Crippen MR) is 46.3 cm³/mol. The lowest BCUT2D eigenvalue weighted by molar-refractivity contribution is -0.128. The minimum atomic E-state index is -0.0851. The maximum Gasteiger partial charge on any atom is 0.223 e. The molecule has 0 aromatic carbocycles. The van der Waals surface area contributed by atoms with E-state index in [4.69, 9.17) is 10.9 Å². The van der Waals surface area contributed by atoms with Gasteiger partial charge in [0.25, 0.3) is 0 Å². The lowest BCUT2D eigenvalue weighted by Gasteiger charge is -2.14. The van der Waals surface area contributed by atoms with Crippen molar-refractivity contribution in [1.82, 2.24) is 4.90 Å². The van der Waals surface area contributed by atoms with Gasteiger partial charge < -0.3 is 15.8 Å². The maximum absolute atomic E-state index is 11.4. The highest BCUT2D eigenvalue weighted by molar-refractivity contribution is 5.91. The van der Waals surface area contributed by atoms with E-state index in [1.54, 1.807) is 0 Å². The fourth-order valence-electron chi connectivity index (χ4n) is 1.75. The maximum atomic E-state index is 11.4. The molecule has 1 heterocycles. The summed E-state index contributed by atoms with van der Waals surface area (Å²) in [5.74, 6) is 0.230. The second kappa shape index (κ2) is 2.90. The Bertz CT molecular complexity index is 260. The van der Waals surface area contributed by atoms with Crippen LogP contribution in [-0.4, -0.2) is 34.4 Å². The fraction of sp³-hybridized carbons (Fsp3) is 0.750. The van der Waals surface area contributed by atoms with Gasteiger partial charge in [-0.1, -0.05) is 5.16 Å². The van der Waals surface area contributed by atoms with E-state index in [0.29, 0.717) is 19.0 Å². The van der Waals surface area contributed by atoms with Crippen LogP contribution in [0.4, 0.5) is 0 Å². The van der Waals surface area contributed by atoms with Crippen LogP contribution in [0.25, 0.3) is 0 Å². The number of likely N-dealkylation sites (tertiary alicyclic amines) is 1. The molecule has 1 aliphatic heterocycles. The quantitative estimate of drug-likeness (QED) is 0.268. The number of hydrogen-bond acceptors (Lipinski definition) is 3. The van der Waals surface area contributed by atoms with Gasteiger partial charge in [-0.15, -0.1) is 0 Å². The van der Waals surface area contributed by atoms with Crippen LogP contribution in [-0.2, 0) is 4.79 Å². The average molecular weight is 183 g/mol. The summed E-state index contributed by atoms with van der Waals surface area (Å²) in [5, 5.41) is 11.4. The Morgan fingerprint density at radius 3 is 2.85 bits per heavy atom. The van der Waals surface area contributed by atoms with E-state index >= 15 is 0 Å². The third-order valence-corrected chi connectivity index (χ3v) is 2.68.